The van der Waals surface area contributed by atoms with Gasteiger partial charge >= 0.3 is 6.18 Å². The molecule has 0 saturated carbocycles. The molecule has 0 aliphatic heterocycles. The predicted octanol–water partition coefficient (Wildman–Crippen LogP) is 4.11. The fraction of sp³-hybridized carbons (Fsp3) is 0.158. The van der Waals surface area contributed by atoms with E-state index >= 15 is 0 Å². The van der Waals surface area contributed by atoms with Crippen molar-refractivity contribution in [1.29, 1.82) is 0 Å². The number of anilines is 1. The third kappa shape index (κ3) is 4.09. The first-order valence-corrected chi connectivity index (χ1v) is 8.84. The Balaban J connectivity index is 1.88. The van der Waals surface area contributed by atoms with Crippen molar-refractivity contribution in [3.63, 3.8) is 0 Å². The molecular formula is C19H13F5N6O. The molecule has 0 saturated heterocycles. The van der Waals surface area contributed by atoms with Crippen LogP contribution in [0.3, 0.4) is 0 Å². The highest BCUT2D eigenvalue weighted by Gasteiger charge is 2.33. The molecule has 4 heterocycles. The molecule has 4 aromatic rings. The van der Waals surface area contributed by atoms with Crippen molar-refractivity contribution in [2.24, 2.45) is 0 Å². The van der Waals surface area contributed by atoms with Crippen LogP contribution < -0.4 is 5.32 Å². The van der Waals surface area contributed by atoms with E-state index in [0.29, 0.717) is 29.0 Å². The molecule has 0 radical (unpaired) electrons. The number of pyridine rings is 2. The number of hydrogen-bond donors (Lipinski definition) is 1. The summed E-state index contributed by atoms with van der Waals surface area (Å²) in [6.07, 6.45) is -2.62. The van der Waals surface area contributed by atoms with E-state index in [0.717, 1.165) is 10.7 Å². The largest absolute Gasteiger partial charge is 0.433 e. The first kappa shape index (κ1) is 20.4. The van der Waals surface area contributed by atoms with Gasteiger partial charge in [-0.05, 0) is 24.3 Å². The van der Waals surface area contributed by atoms with Crippen LogP contribution in [0.2, 0.25) is 0 Å². The van der Waals surface area contributed by atoms with Crippen LogP contribution in [0.15, 0.2) is 48.9 Å². The van der Waals surface area contributed by atoms with Crippen LogP contribution >= 0.6 is 0 Å². The second kappa shape index (κ2) is 7.78. The molecule has 0 aliphatic carbocycles. The number of halogens is 5. The monoisotopic (exact) mass is 436 g/mol. The Bertz CT molecular complexity index is 1250. The number of amides is 1. The second-order valence-corrected chi connectivity index (χ2v) is 6.46. The lowest BCUT2D eigenvalue weighted by Gasteiger charge is -2.08. The van der Waals surface area contributed by atoms with Crippen molar-refractivity contribution >= 4 is 17.9 Å². The van der Waals surface area contributed by atoms with Gasteiger partial charge in [-0.2, -0.15) is 18.3 Å². The lowest BCUT2D eigenvalue weighted by Crippen LogP contribution is -2.09. The third-order valence-corrected chi connectivity index (χ3v) is 4.39. The summed E-state index contributed by atoms with van der Waals surface area (Å²) in [5, 5.41) is 6.53. The summed E-state index contributed by atoms with van der Waals surface area (Å²) in [4.78, 5) is 18.5. The number of nitrogens with one attached hydrogen (secondary N) is 1. The number of nitrogens with zero attached hydrogens (tertiary/aromatic N) is 5. The molecule has 1 N–H and O–H groups in total. The van der Waals surface area contributed by atoms with Gasteiger partial charge in [-0.25, -0.2) is 18.7 Å². The minimum atomic E-state index is -4.67. The normalized spacial score (nSPS) is 11.9. The molecule has 0 fully saturated rings. The van der Waals surface area contributed by atoms with E-state index < -0.39 is 24.8 Å². The van der Waals surface area contributed by atoms with Crippen LogP contribution in [0, 0.1) is 0 Å². The molecular weight excluding hydrogens is 423 g/mol. The maximum absolute atomic E-state index is 13.1. The quantitative estimate of drug-likeness (QED) is 0.365. The maximum atomic E-state index is 13.1. The van der Waals surface area contributed by atoms with Crippen molar-refractivity contribution in [3.05, 3.63) is 54.6 Å². The van der Waals surface area contributed by atoms with Gasteiger partial charge in [0.05, 0.1) is 11.9 Å². The van der Waals surface area contributed by atoms with Gasteiger partial charge in [-0.1, -0.05) is 6.07 Å². The summed E-state index contributed by atoms with van der Waals surface area (Å²) in [6.45, 7) is -0.739. The summed E-state index contributed by atoms with van der Waals surface area (Å²) in [5.41, 5.74) is 0.00827. The number of rotatable bonds is 6. The molecule has 0 aromatic carbocycles. The molecule has 4 rings (SSSR count). The lowest BCUT2D eigenvalue weighted by atomic mass is 10.1. The molecule has 4 aromatic heterocycles. The van der Waals surface area contributed by atoms with Crippen molar-refractivity contribution in [3.8, 4) is 22.5 Å². The molecule has 12 heteroatoms. The van der Waals surface area contributed by atoms with Crippen molar-refractivity contribution in [1.82, 2.24) is 24.1 Å². The molecule has 31 heavy (non-hydrogen) atoms. The van der Waals surface area contributed by atoms with E-state index in [1.165, 1.54) is 28.9 Å². The number of imidazole rings is 1. The molecule has 160 valence electrons. The average molecular weight is 436 g/mol. The Hall–Kier alpha value is -3.83. The van der Waals surface area contributed by atoms with Gasteiger partial charge in [0, 0.05) is 23.5 Å². The first-order valence-electron chi connectivity index (χ1n) is 8.84. The Labute approximate surface area is 171 Å². The number of carbonyl (C=O) groups is 1. The van der Waals surface area contributed by atoms with E-state index in [4.69, 9.17) is 0 Å². The van der Waals surface area contributed by atoms with E-state index in [-0.39, 0.29) is 11.4 Å². The van der Waals surface area contributed by atoms with Crippen LogP contribution in [0.25, 0.3) is 28.2 Å². The zero-order valence-corrected chi connectivity index (χ0v) is 15.5. The summed E-state index contributed by atoms with van der Waals surface area (Å²) in [6, 6.07) is 6.54. The van der Waals surface area contributed by atoms with Gasteiger partial charge in [0.25, 0.3) is 6.43 Å². The van der Waals surface area contributed by atoms with Gasteiger partial charge < -0.3 is 5.32 Å². The zero-order chi connectivity index (χ0) is 22.2. The fourth-order valence-corrected chi connectivity index (χ4v) is 3.09. The van der Waals surface area contributed by atoms with E-state index in [2.05, 4.69) is 20.4 Å². The molecule has 0 atom stereocenters. The van der Waals surface area contributed by atoms with Gasteiger partial charge in [0.15, 0.2) is 0 Å². The predicted molar refractivity (Wildman–Crippen MR) is 100 cm³/mol. The maximum Gasteiger partial charge on any atom is 0.433 e. The van der Waals surface area contributed by atoms with Crippen LogP contribution in [0.5, 0.6) is 0 Å². The Morgan fingerprint density at radius 1 is 1.13 bits per heavy atom. The van der Waals surface area contributed by atoms with Crippen molar-refractivity contribution in [2.45, 2.75) is 19.1 Å². The molecule has 0 aliphatic rings. The molecule has 0 spiro atoms. The third-order valence-electron chi connectivity index (χ3n) is 4.39. The number of fused-ring (bicyclic) bond motifs is 1. The smallest absolute Gasteiger partial charge is 0.313 e. The summed E-state index contributed by atoms with van der Waals surface area (Å²) >= 11 is 0. The van der Waals surface area contributed by atoms with Crippen LogP contribution in [0.1, 0.15) is 5.69 Å². The van der Waals surface area contributed by atoms with Crippen LogP contribution in [0.4, 0.5) is 27.8 Å². The number of aromatic nitrogens is 5. The van der Waals surface area contributed by atoms with Crippen molar-refractivity contribution in [2.75, 3.05) is 5.32 Å². The summed E-state index contributed by atoms with van der Waals surface area (Å²) in [5.74, 6) is 0.352. The van der Waals surface area contributed by atoms with E-state index in [9.17, 15) is 26.7 Å². The van der Waals surface area contributed by atoms with Crippen LogP contribution in [-0.4, -0.2) is 37.0 Å². The SMILES string of the molecule is O=CNc1cnc2ccc(-c3cn(CC(F)F)nc3-c3cccc(C(F)(F)F)n3)cn12. The first-order chi connectivity index (χ1) is 14.8. The van der Waals surface area contributed by atoms with Crippen LogP contribution in [-0.2, 0) is 17.5 Å². The summed E-state index contributed by atoms with van der Waals surface area (Å²) in [7, 11) is 0. The second-order valence-electron chi connectivity index (χ2n) is 6.46. The number of carbonyl (C=O) groups excluding carboxylic acids is 1. The highest BCUT2D eigenvalue weighted by Crippen LogP contribution is 2.34. The zero-order valence-electron chi connectivity index (χ0n) is 15.5. The topological polar surface area (TPSA) is 77.1 Å². The molecule has 1 amide bonds. The minimum Gasteiger partial charge on any atom is -0.313 e. The fourth-order valence-electron chi connectivity index (χ4n) is 3.09. The molecule has 0 unspecified atom stereocenters. The van der Waals surface area contributed by atoms with Gasteiger partial charge in [0.1, 0.15) is 29.4 Å². The van der Waals surface area contributed by atoms with Gasteiger partial charge in [-0.15, -0.1) is 0 Å². The average Bonchev–Trinajstić information content (AvgIpc) is 3.31. The highest BCUT2D eigenvalue weighted by atomic mass is 19.4. The standard InChI is InChI=1S/C19H13F5N6O/c20-15(21)9-29-8-12(11-4-5-16-25-6-17(26-10-31)30(16)7-11)18(28-29)13-2-1-3-14(27-13)19(22,23)24/h1-8,10,15H,9H2,(H,26,31). The van der Waals surface area contributed by atoms with E-state index in [1.807, 2.05) is 0 Å². The Kier molecular flexibility index (Phi) is 5.13. The van der Waals surface area contributed by atoms with Crippen molar-refractivity contribution < 1.29 is 26.7 Å². The molecule has 7 nitrogen and oxygen atoms in total. The number of alkyl halides is 5. The van der Waals surface area contributed by atoms with Gasteiger partial charge in [0.2, 0.25) is 6.41 Å². The van der Waals surface area contributed by atoms with Gasteiger partial charge in [-0.3, -0.25) is 13.9 Å². The van der Waals surface area contributed by atoms with E-state index in [1.54, 1.807) is 18.3 Å². The number of hydrogen-bond acceptors (Lipinski definition) is 4. The molecule has 0 bridgehead atoms. The minimum absolute atomic E-state index is 0.0103. The summed E-state index contributed by atoms with van der Waals surface area (Å²) < 4.78 is 67.6. The highest BCUT2D eigenvalue weighted by molar-refractivity contribution is 5.80. The Morgan fingerprint density at radius 2 is 1.94 bits per heavy atom. The Morgan fingerprint density at radius 3 is 2.65 bits per heavy atom. The lowest BCUT2D eigenvalue weighted by molar-refractivity contribution is -0.141.